The molecule has 0 saturated carbocycles. The summed E-state index contributed by atoms with van der Waals surface area (Å²) in [6.45, 7) is 2.14. The second-order valence-corrected chi connectivity index (χ2v) is 5.32. The number of furan rings is 1. The molecule has 0 radical (unpaired) electrons. The minimum atomic E-state index is 0.968. The van der Waals surface area contributed by atoms with Crippen LogP contribution in [-0.4, -0.2) is 0 Å². The summed E-state index contributed by atoms with van der Waals surface area (Å²) in [6, 6.07) is 12.6. The van der Waals surface area contributed by atoms with Crippen molar-refractivity contribution < 1.29 is 4.42 Å². The van der Waals surface area contributed by atoms with Gasteiger partial charge in [-0.05, 0) is 25.1 Å². The molecule has 1 nitrogen and oxygen atoms in total. The Morgan fingerprint density at radius 3 is 2.81 bits per heavy atom. The van der Waals surface area contributed by atoms with E-state index in [1.807, 2.05) is 29.7 Å². The maximum absolute atomic E-state index is 5.53. The molecule has 0 aliphatic heterocycles. The first kappa shape index (κ1) is 9.67. The maximum Gasteiger partial charge on any atom is 0.134 e. The minimum Gasteiger partial charge on any atom is -0.464 e. The van der Waals surface area contributed by atoms with E-state index >= 15 is 0 Å². The van der Waals surface area contributed by atoms with Crippen LogP contribution in [0.2, 0.25) is 0 Å². The molecule has 0 aliphatic carbocycles. The Balaban J connectivity index is 2.00. The van der Waals surface area contributed by atoms with E-state index in [0.29, 0.717) is 0 Å². The summed E-state index contributed by atoms with van der Waals surface area (Å²) in [7, 11) is 0. The Bertz CT molecular complexity index is 618. The second-order valence-electron chi connectivity index (χ2n) is 3.95. The van der Waals surface area contributed by atoms with E-state index in [1.54, 1.807) is 0 Å². The van der Waals surface area contributed by atoms with Crippen LogP contribution in [0.5, 0.6) is 0 Å². The summed E-state index contributed by atoms with van der Waals surface area (Å²) in [5.41, 5.74) is 2.25. The molecule has 16 heavy (non-hydrogen) atoms. The first-order valence-corrected chi connectivity index (χ1v) is 6.15. The van der Waals surface area contributed by atoms with Crippen molar-refractivity contribution in [1.82, 2.24) is 0 Å². The minimum absolute atomic E-state index is 0.968. The van der Waals surface area contributed by atoms with Crippen LogP contribution < -0.4 is 0 Å². The molecular weight excluding hydrogens is 216 g/mol. The van der Waals surface area contributed by atoms with Crippen LogP contribution in [0.15, 0.2) is 47.1 Å². The number of para-hydroxylation sites is 1. The van der Waals surface area contributed by atoms with Crippen LogP contribution in [0.3, 0.4) is 0 Å². The Kier molecular flexibility index (Phi) is 2.29. The van der Waals surface area contributed by atoms with Crippen LogP contribution in [0, 0.1) is 6.92 Å². The van der Waals surface area contributed by atoms with E-state index in [9.17, 15) is 0 Å². The van der Waals surface area contributed by atoms with Gasteiger partial charge < -0.3 is 4.42 Å². The molecular formula is C14H12OS. The Morgan fingerprint density at radius 1 is 1.12 bits per heavy atom. The smallest absolute Gasteiger partial charge is 0.134 e. The lowest BCUT2D eigenvalue weighted by molar-refractivity contribution is 0.612. The van der Waals surface area contributed by atoms with Crippen LogP contribution in [0.4, 0.5) is 0 Å². The standard InChI is InChI=1S/C14H12OS/c1-10-6-7-12(16-10)8-11-9-15-14-5-3-2-4-13(11)14/h2-7,9H,8H2,1H3. The molecule has 2 heterocycles. The lowest BCUT2D eigenvalue weighted by Gasteiger charge is -1.94. The van der Waals surface area contributed by atoms with E-state index in [0.717, 1.165) is 12.0 Å². The SMILES string of the molecule is Cc1ccc(Cc2coc3ccccc23)s1. The van der Waals surface area contributed by atoms with E-state index in [4.69, 9.17) is 4.42 Å². The predicted octanol–water partition coefficient (Wildman–Crippen LogP) is 4.39. The summed E-state index contributed by atoms with van der Waals surface area (Å²) in [6.07, 6.45) is 2.84. The van der Waals surface area contributed by atoms with Gasteiger partial charge >= 0.3 is 0 Å². The van der Waals surface area contributed by atoms with Crippen molar-refractivity contribution >= 4 is 22.3 Å². The zero-order chi connectivity index (χ0) is 11.0. The van der Waals surface area contributed by atoms with Gasteiger partial charge in [-0.3, -0.25) is 0 Å². The molecule has 0 aliphatic rings. The molecule has 80 valence electrons. The summed E-state index contributed by atoms with van der Waals surface area (Å²) in [4.78, 5) is 2.76. The zero-order valence-electron chi connectivity index (χ0n) is 9.07. The zero-order valence-corrected chi connectivity index (χ0v) is 9.88. The molecule has 0 atom stereocenters. The highest BCUT2D eigenvalue weighted by atomic mass is 32.1. The fourth-order valence-corrected chi connectivity index (χ4v) is 2.85. The summed E-state index contributed by atoms with van der Waals surface area (Å²) in [5.74, 6) is 0. The monoisotopic (exact) mass is 228 g/mol. The largest absolute Gasteiger partial charge is 0.464 e. The van der Waals surface area contributed by atoms with E-state index < -0.39 is 0 Å². The summed E-state index contributed by atoms with van der Waals surface area (Å²) < 4.78 is 5.53. The lowest BCUT2D eigenvalue weighted by atomic mass is 10.1. The highest BCUT2D eigenvalue weighted by Gasteiger charge is 2.06. The van der Waals surface area contributed by atoms with Gasteiger partial charge in [0.2, 0.25) is 0 Å². The fraction of sp³-hybridized carbons (Fsp3) is 0.143. The van der Waals surface area contributed by atoms with Crippen LogP contribution in [0.25, 0.3) is 11.0 Å². The van der Waals surface area contributed by atoms with Crippen LogP contribution in [-0.2, 0) is 6.42 Å². The third-order valence-corrected chi connectivity index (χ3v) is 3.72. The Labute approximate surface area is 98.3 Å². The van der Waals surface area contributed by atoms with Gasteiger partial charge in [-0.2, -0.15) is 0 Å². The van der Waals surface area contributed by atoms with Crippen molar-refractivity contribution in [1.29, 1.82) is 0 Å². The Hall–Kier alpha value is -1.54. The molecule has 3 rings (SSSR count). The first-order valence-electron chi connectivity index (χ1n) is 5.33. The number of thiophene rings is 1. The Morgan fingerprint density at radius 2 is 2.00 bits per heavy atom. The maximum atomic E-state index is 5.53. The lowest BCUT2D eigenvalue weighted by Crippen LogP contribution is -1.80. The van der Waals surface area contributed by atoms with Crippen molar-refractivity contribution in [3.63, 3.8) is 0 Å². The average molecular weight is 228 g/mol. The molecule has 0 unspecified atom stereocenters. The van der Waals surface area contributed by atoms with Gasteiger partial charge in [0.1, 0.15) is 5.58 Å². The van der Waals surface area contributed by atoms with Crippen molar-refractivity contribution in [3.05, 3.63) is 58.0 Å². The molecule has 0 spiro atoms. The predicted molar refractivity (Wildman–Crippen MR) is 68.1 cm³/mol. The van der Waals surface area contributed by atoms with Gasteiger partial charge in [0.05, 0.1) is 6.26 Å². The van der Waals surface area contributed by atoms with Crippen LogP contribution in [0.1, 0.15) is 15.3 Å². The van der Waals surface area contributed by atoms with E-state index in [2.05, 4.69) is 31.2 Å². The van der Waals surface area contributed by atoms with Gasteiger partial charge in [0, 0.05) is 27.1 Å². The van der Waals surface area contributed by atoms with Gasteiger partial charge in [-0.25, -0.2) is 0 Å². The highest BCUT2D eigenvalue weighted by Crippen LogP contribution is 2.25. The van der Waals surface area contributed by atoms with Crippen molar-refractivity contribution in [2.24, 2.45) is 0 Å². The molecule has 0 bridgehead atoms. The average Bonchev–Trinajstić information content (AvgIpc) is 2.87. The number of hydrogen-bond acceptors (Lipinski definition) is 2. The van der Waals surface area contributed by atoms with Crippen molar-refractivity contribution in [2.45, 2.75) is 13.3 Å². The molecule has 1 aromatic carbocycles. The normalized spacial score (nSPS) is 11.1. The van der Waals surface area contributed by atoms with Crippen molar-refractivity contribution in [3.8, 4) is 0 Å². The van der Waals surface area contributed by atoms with E-state index in [1.165, 1.54) is 20.7 Å². The quantitative estimate of drug-likeness (QED) is 0.634. The topological polar surface area (TPSA) is 13.1 Å². The molecule has 0 amide bonds. The van der Waals surface area contributed by atoms with Gasteiger partial charge in [0.25, 0.3) is 0 Å². The number of rotatable bonds is 2. The molecule has 2 heteroatoms. The third-order valence-electron chi connectivity index (χ3n) is 2.72. The second kappa shape index (κ2) is 3.80. The summed E-state index contributed by atoms with van der Waals surface area (Å²) >= 11 is 1.85. The number of fused-ring (bicyclic) bond motifs is 1. The summed E-state index contributed by atoms with van der Waals surface area (Å²) in [5, 5.41) is 1.23. The molecule has 2 aromatic heterocycles. The number of hydrogen-bond donors (Lipinski definition) is 0. The van der Waals surface area contributed by atoms with E-state index in [-0.39, 0.29) is 0 Å². The highest BCUT2D eigenvalue weighted by molar-refractivity contribution is 7.11. The van der Waals surface area contributed by atoms with Crippen molar-refractivity contribution in [2.75, 3.05) is 0 Å². The van der Waals surface area contributed by atoms with Gasteiger partial charge in [-0.15, -0.1) is 11.3 Å². The first-order chi connectivity index (χ1) is 7.83. The molecule has 3 aromatic rings. The van der Waals surface area contributed by atoms with Gasteiger partial charge in [-0.1, -0.05) is 18.2 Å². The number of benzene rings is 1. The third kappa shape index (κ3) is 1.65. The van der Waals surface area contributed by atoms with Gasteiger partial charge in [0.15, 0.2) is 0 Å². The number of aryl methyl sites for hydroxylation is 1. The van der Waals surface area contributed by atoms with Crippen LogP contribution >= 0.6 is 11.3 Å². The molecule has 0 saturated heterocycles. The fourth-order valence-electron chi connectivity index (χ4n) is 1.94. The molecule has 0 fully saturated rings. The molecule has 0 N–H and O–H groups in total.